The van der Waals surface area contributed by atoms with E-state index in [4.69, 9.17) is 9.47 Å². The van der Waals surface area contributed by atoms with Crippen molar-refractivity contribution >= 4 is 0 Å². The van der Waals surface area contributed by atoms with Crippen LogP contribution in [0.25, 0.3) is 0 Å². The first-order valence-electron chi connectivity index (χ1n) is 4.93. The summed E-state index contributed by atoms with van der Waals surface area (Å²) < 4.78 is 47.5. The monoisotopic (exact) mass is 248 g/mol. The van der Waals surface area contributed by atoms with Gasteiger partial charge in [0.1, 0.15) is 11.4 Å². The van der Waals surface area contributed by atoms with Gasteiger partial charge in [-0.3, -0.25) is 0 Å². The molecule has 0 atom stereocenters. The SMILES string of the molecule is COc1ccc(C(F)(F)F)cc1C1(O)COC1. The number of hydrogen-bond acceptors (Lipinski definition) is 3. The molecule has 6 heteroatoms. The maximum absolute atomic E-state index is 12.6. The van der Waals surface area contributed by atoms with Gasteiger partial charge in [0.15, 0.2) is 0 Å². The Labute approximate surface area is 95.8 Å². The fourth-order valence-electron chi connectivity index (χ4n) is 1.70. The third-order valence-corrected chi connectivity index (χ3v) is 2.71. The van der Waals surface area contributed by atoms with Crippen LogP contribution in [0, 0.1) is 0 Å². The third kappa shape index (κ3) is 2.10. The number of benzene rings is 1. The first-order chi connectivity index (χ1) is 7.87. The molecule has 2 rings (SSSR count). The molecule has 1 fully saturated rings. The highest BCUT2D eigenvalue weighted by Crippen LogP contribution is 2.39. The topological polar surface area (TPSA) is 38.7 Å². The zero-order valence-electron chi connectivity index (χ0n) is 9.04. The molecular weight excluding hydrogens is 237 g/mol. The van der Waals surface area contributed by atoms with Crippen molar-refractivity contribution in [2.75, 3.05) is 20.3 Å². The quantitative estimate of drug-likeness (QED) is 0.869. The Bertz CT molecular complexity index is 424. The average Bonchev–Trinajstić information content (AvgIpc) is 2.23. The van der Waals surface area contributed by atoms with Gasteiger partial charge in [-0.1, -0.05) is 0 Å². The summed E-state index contributed by atoms with van der Waals surface area (Å²) in [7, 11) is 1.34. The van der Waals surface area contributed by atoms with Crippen LogP contribution in [-0.4, -0.2) is 25.4 Å². The molecule has 1 aromatic carbocycles. The molecule has 17 heavy (non-hydrogen) atoms. The Morgan fingerprint density at radius 2 is 2.00 bits per heavy atom. The van der Waals surface area contributed by atoms with Crippen molar-refractivity contribution in [3.8, 4) is 5.75 Å². The summed E-state index contributed by atoms with van der Waals surface area (Å²) in [6.45, 7) is -0.0463. The Morgan fingerprint density at radius 3 is 2.41 bits per heavy atom. The van der Waals surface area contributed by atoms with E-state index in [-0.39, 0.29) is 24.5 Å². The Morgan fingerprint density at radius 1 is 1.35 bits per heavy atom. The molecule has 3 nitrogen and oxygen atoms in total. The van der Waals surface area contributed by atoms with E-state index in [1.807, 2.05) is 0 Å². The minimum absolute atomic E-state index is 0.0231. The highest BCUT2D eigenvalue weighted by atomic mass is 19.4. The first-order valence-corrected chi connectivity index (χ1v) is 4.93. The van der Waals surface area contributed by atoms with E-state index >= 15 is 0 Å². The fourth-order valence-corrected chi connectivity index (χ4v) is 1.70. The lowest BCUT2D eigenvalue weighted by molar-refractivity contribution is -0.185. The fraction of sp³-hybridized carbons (Fsp3) is 0.455. The molecule has 0 amide bonds. The van der Waals surface area contributed by atoms with Crippen LogP contribution < -0.4 is 4.74 Å². The van der Waals surface area contributed by atoms with E-state index in [1.54, 1.807) is 0 Å². The molecular formula is C11H11F3O3. The van der Waals surface area contributed by atoms with E-state index in [2.05, 4.69) is 0 Å². The molecule has 94 valence electrons. The molecule has 0 aromatic heterocycles. The van der Waals surface area contributed by atoms with Crippen molar-refractivity contribution in [3.63, 3.8) is 0 Å². The maximum Gasteiger partial charge on any atom is 0.416 e. The molecule has 0 saturated carbocycles. The largest absolute Gasteiger partial charge is 0.496 e. The average molecular weight is 248 g/mol. The number of halogens is 3. The van der Waals surface area contributed by atoms with Crippen LogP contribution in [0.4, 0.5) is 13.2 Å². The van der Waals surface area contributed by atoms with Crippen LogP contribution in [0.1, 0.15) is 11.1 Å². The highest BCUT2D eigenvalue weighted by Gasteiger charge is 2.42. The van der Waals surface area contributed by atoms with E-state index in [9.17, 15) is 18.3 Å². The molecule has 0 aliphatic carbocycles. The van der Waals surface area contributed by atoms with Gasteiger partial charge in [-0.15, -0.1) is 0 Å². The number of alkyl halides is 3. The Kier molecular flexibility index (Phi) is 2.79. The van der Waals surface area contributed by atoms with Gasteiger partial charge in [0.05, 0.1) is 25.9 Å². The van der Waals surface area contributed by atoms with Gasteiger partial charge in [-0.2, -0.15) is 13.2 Å². The summed E-state index contributed by atoms with van der Waals surface area (Å²) in [4.78, 5) is 0. The summed E-state index contributed by atoms with van der Waals surface area (Å²) in [5.74, 6) is 0.226. The summed E-state index contributed by atoms with van der Waals surface area (Å²) in [5, 5.41) is 10.0. The molecule has 0 radical (unpaired) electrons. The van der Waals surface area contributed by atoms with Crippen LogP contribution in [0.2, 0.25) is 0 Å². The number of ether oxygens (including phenoxy) is 2. The van der Waals surface area contributed by atoms with Gasteiger partial charge in [0.2, 0.25) is 0 Å². The summed E-state index contributed by atoms with van der Waals surface area (Å²) in [5.41, 5.74) is -2.08. The normalized spacial score (nSPS) is 18.6. The van der Waals surface area contributed by atoms with Gasteiger partial charge in [0, 0.05) is 5.56 Å². The first kappa shape index (κ1) is 12.2. The van der Waals surface area contributed by atoms with E-state index < -0.39 is 17.3 Å². The van der Waals surface area contributed by atoms with Gasteiger partial charge in [-0.05, 0) is 18.2 Å². The van der Waals surface area contributed by atoms with Crippen molar-refractivity contribution in [2.24, 2.45) is 0 Å². The van der Waals surface area contributed by atoms with E-state index in [0.717, 1.165) is 12.1 Å². The standard InChI is InChI=1S/C11H11F3O3/c1-16-9-3-2-7(11(12,13)14)4-8(9)10(15)5-17-6-10/h2-4,15H,5-6H2,1H3. The van der Waals surface area contributed by atoms with Crippen LogP contribution >= 0.6 is 0 Å². The van der Waals surface area contributed by atoms with Gasteiger partial charge in [0.25, 0.3) is 0 Å². The van der Waals surface area contributed by atoms with E-state index in [1.165, 1.54) is 13.2 Å². The predicted molar refractivity (Wildman–Crippen MR) is 52.7 cm³/mol. The Hall–Kier alpha value is -1.27. The number of hydrogen-bond donors (Lipinski definition) is 1. The highest BCUT2D eigenvalue weighted by molar-refractivity contribution is 5.43. The third-order valence-electron chi connectivity index (χ3n) is 2.71. The molecule has 1 N–H and O–H groups in total. The maximum atomic E-state index is 12.6. The molecule has 1 aromatic rings. The number of aliphatic hydroxyl groups is 1. The smallest absolute Gasteiger partial charge is 0.416 e. The second-order valence-corrected chi connectivity index (χ2v) is 3.94. The van der Waals surface area contributed by atoms with Crippen LogP contribution in [-0.2, 0) is 16.5 Å². The second-order valence-electron chi connectivity index (χ2n) is 3.94. The zero-order valence-corrected chi connectivity index (χ0v) is 9.04. The lowest BCUT2D eigenvalue weighted by atomic mass is 9.90. The van der Waals surface area contributed by atoms with Crippen molar-refractivity contribution in [1.29, 1.82) is 0 Å². The number of methoxy groups -OCH3 is 1. The zero-order chi connectivity index (χ0) is 12.7. The molecule has 1 heterocycles. The lowest BCUT2D eigenvalue weighted by Crippen LogP contribution is -2.46. The number of rotatable bonds is 2. The molecule has 0 unspecified atom stereocenters. The van der Waals surface area contributed by atoms with Crippen LogP contribution in [0.15, 0.2) is 18.2 Å². The van der Waals surface area contributed by atoms with Gasteiger partial charge in [-0.25, -0.2) is 0 Å². The van der Waals surface area contributed by atoms with Crippen molar-refractivity contribution in [3.05, 3.63) is 29.3 Å². The molecule has 0 spiro atoms. The Balaban J connectivity index is 2.47. The summed E-state index contributed by atoms with van der Waals surface area (Å²) in [6, 6.07) is 3.03. The van der Waals surface area contributed by atoms with Crippen molar-refractivity contribution < 1.29 is 27.8 Å². The second kappa shape index (κ2) is 3.89. The summed E-state index contributed by atoms with van der Waals surface area (Å²) >= 11 is 0. The van der Waals surface area contributed by atoms with Crippen molar-refractivity contribution in [2.45, 2.75) is 11.8 Å². The van der Waals surface area contributed by atoms with Gasteiger partial charge >= 0.3 is 6.18 Å². The van der Waals surface area contributed by atoms with Crippen LogP contribution in [0.5, 0.6) is 5.75 Å². The van der Waals surface area contributed by atoms with Crippen LogP contribution in [0.3, 0.4) is 0 Å². The predicted octanol–water partition coefficient (Wildman–Crippen LogP) is 1.93. The van der Waals surface area contributed by atoms with Crippen molar-refractivity contribution in [1.82, 2.24) is 0 Å². The lowest BCUT2D eigenvalue weighted by Gasteiger charge is -2.37. The molecule has 1 saturated heterocycles. The molecule has 1 aliphatic rings. The van der Waals surface area contributed by atoms with E-state index in [0.29, 0.717) is 0 Å². The minimum atomic E-state index is -4.44. The van der Waals surface area contributed by atoms with Gasteiger partial charge < -0.3 is 14.6 Å². The molecule has 0 bridgehead atoms. The summed E-state index contributed by atoms with van der Waals surface area (Å²) in [6.07, 6.45) is -4.44. The molecule has 1 aliphatic heterocycles. The minimum Gasteiger partial charge on any atom is -0.496 e.